The predicted molar refractivity (Wildman–Crippen MR) is 120 cm³/mol. The van der Waals surface area contributed by atoms with Gasteiger partial charge in [-0.05, 0) is 30.3 Å². The molecule has 0 aliphatic carbocycles. The number of rotatable bonds is 5. The van der Waals surface area contributed by atoms with Gasteiger partial charge in [-0.3, -0.25) is 4.90 Å². The zero-order valence-electron chi connectivity index (χ0n) is 17.4. The van der Waals surface area contributed by atoms with E-state index < -0.39 is 21.5 Å². The molecule has 1 fully saturated rings. The Balaban J connectivity index is 1.43. The van der Waals surface area contributed by atoms with Gasteiger partial charge >= 0.3 is 0 Å². The van der Waals surface area contributed by atoms with Gasteiger partial charge in [0.2, 0.25) is 5.95 Å². The van der Waals surface area contributed by atoms with Crippen LogP contribution in [0.5, 0.6) is 0 Å². The second-order valence-electron chi connectivity index (χ2n) is 7.81. The number of aromatic nitrogens is 4. The zero-order valence-corrected chi connectivity index (χ0v) is 18.3. The third kappa shape index (κ3) is 4.55. The maximum absolute atomic E-state index is 14.9. The number of hydrogen-bond donors (Lipinski definition) is 1. The van der Waals surface area contributed by atoms with Gasteiger partial charge in [0.05, 0.1) is 17.2 Å². The van der Waals surface area contributed by atoms with E-state index in [1.165, 1.54) is 12.1 Å². The van der Waals surface area contributed by atoms with E-state index in [1.807, 2.05) is 6.07 Å². The molecule has 0 amide bonds. The summed E-state index contributed by atoms with van der Waals surface area (Å²) in [4.78, 5) is 14.7. The smallest absolute Gasteiger partial charge is 0.230 e. The van der Waals surface area contributed by atoms with Gasteiger partial charge in [0.15, 0.2) is 9.84 Å². The Hall–Kier alpha value is -3.44. The van der Waals surface area contributed by atoms with Gasteiger partial charge in [0.25, 0.3) is 0 Å². The molecule has 4 aromatic rings. The lowest BCUT2D eigenvalue weighted by molar-refractivity contribution is 0.278. The molecule has 3 aromatic heterocycles. The minimum atomic E-state index is -3.06. The van der Waals surface area contributed by atoms with Crippen LogP contribution in [0, 0.1) is 11.6 Å². The highest BCUT2D eigenvalue weighted by atomic mass is 32.2. The molecule has 0 bridgehead atoms. The summed E-state index contributed by atoms with van der Waals surface area (Å²) in [5.41, 5.74) is 0.685. The van der Waals surface area contributed by atoms with Gasteiger partial charge in [-0.25, -0.2) is 27.2 Å². The van der Waals surface area contributed by atoms with E-state index in [9.17, 15) is 17.2 Å². The fourth-order valence-corrected chi connectivity index (χ4v) is 5.03. The molecule has 4 heterocycles. The maximum Gasteiger partial charge on any atom is 0.230 e. The van der Waals surface area contributed by atoms with Crippen molar-refractivity contribution in [2.75, 3.05) is 29.9 Å². The zero-order chi connectivity index (χ0) is 23.0. The Kier molecular flexibility index (Phi) is 5.51. The minimum absolute atomic E-state index is 0.00173. The van der Waals surface area contributed by atoms with E-state index in [1.54, 1.807) is 46.3 Å². The first kappa shape index (κ1) is 21.4. The second kappa shape index (κ2) is 8.49. The van der Waals surface area contributed by atoms with Crippen molar-refractivity contribution >= 4 is 32.6 Å². The quantitative estimate of drug-likeness (QED) is 0.479. The molecular weight excluding hydrogens is 450 g/mol. The van der Waals surface area contributed by atoms with Crippen LogP contribution in [-0.4, -0.2) is 57.4 Å². The highest BCUT2D eigenvalue weighted by molar-refractivity contribution is 7.91. The number of hydrogen-bond acceptors (Lipinski definition) is 7. The van der Waals surface area contributed by atoms with E-state index in [2.05, 4.69) is 20.3 Å². The normalized spacial score (nSPS) is 16.2. The van der Waals surface area contributed by atoms with E-state index in [-0.39, 0.29) is 42.4 Å². The third-order valence-electron chi connectivity index (χ3n) is 5.55. The number of pyridine rings is 1. The fourth-order valence-electron chi connectivity index (χ4n) is 3.75. The SMILES string of the molecule is O=S1(=O)CCN(Cc2c(F)cc(-n3ccc4cnc(Nc5ccccn5)nc43)cc2F)CC1. The van der Waals surface area contributed by atoms with Crippen LogP contribution >= 0.6 is 0 Å². The summed E-state index contributed by atoms with van der Waals surface area (Å²) in [7, 11) is -3.06. The molecule has 0 radical (unpaired) electrons. The molecule has 0 spiro atoms. The molecule has 0 unspecified atom stereocenters. The van der Waals surface area contributed by atoms with Crippen LogP contribution in [0.3, 0.4) is 0 Å². The summed E-state index contributed by atoms with van der Waals surface area (Å²) >= 11 is 0. The summed E-state index contributed by atoms with van der Waals surface area (Å²) < 4.78 is 54.6. The lowest BCUT2D eigenvalue weighted by Crippen LogP contribution is -2.40. The number of benzene rings is 1. The maximum atomic E-state index is 14.9. The average Bonchev–Trinajstić information content (AvgIpc) is 3.21. The Morgan fingerprint density at radius 3 is 2.48 bits per heavy atom. The molecule has 1 N–H and O–H groups in total. The van der Waals surface area contributed by atoms with Crippen LogP contribution in [0.4, 0.5) is 20.5 Å². The van der Waals surface area contributed by atoms with E-state index >= 15 is 0 Å². The summed E-state index contributed by atoms with van der Waals surface area (Å²) in [6, 6.07) is 9.66. The van der Waals surface area contributed by atoms with Gasteiger partial charge in [-0.1, -0.05) is 6.07 Å². The number of nitrogens with zero attached hydrogens (tertiary/aromatic N) is 5. The van der Waals surface area contributed by atoms with Crippen molar-refractivity contribution in [1.82, 2.24) is 24.4 Å². The third-order valence-corrected chi connectivity index (χ3v) is 7.16. The Morgan fingerprint density at radius 1 is 1.03 bits per heavy atom. The van der Waals surface area contributed by atoms with Gasteiger partial charge in [-0.15, -0.1) is 0 Å². The van der Waals surface area contributed by atoms with Crippen LogP contribution in [0.1, 0.15) is 5.56 Å². The molecule has 33 heavy (non-hydrogen) atoms. The topological polar surface area (TPSA) is 93.0 Å². The number of anilines is 2. The Morgan fingerprint density at radius 2 is 1.79 bits per heavy atom. The van der Waals surface area contributed by atoms with Gasteiger partial charge in [-0.2, -0.15) is 4.98 Å². The number of fused-ring (bicyclic) bond motifs is 1. The van der Waals surface area contributed by atoms with E-state index in [0.717, 1.165) is 0 Å². The average molecular weight is 471 g/mol. The van der Waals surface area contributed by atoms with Crippen molar-refractivity contribution in [2.24, 2.45) is 0 Å². The molecule has 8 nitrogen and oxygen atoms in total. The van der Waals surface area contributed by atoms with Crippen LogP contribution in [0.15, 0.2) is 55.0 Å². The molecule has 1 aliphatic rings. The fraction of sp³-hybridized carbons (Fsp3) is 0.227. The molecule has 0 saturated carbocycles. The van der Waals surface area contributed by atoms with Crippen molar-refractivity contribution in [3.05, 3.63) is 72.2 Å². The predicted octanol–water partition coefficient (Wildman–Crippen LogP) is 3.07. The largest absolute Gasteiger partial charge is 0.309 e. The summed E-state index contributed by atoms with van der Waals surface area (Å²) in [6.07, 6.45) is 4.93. The number of nitrogens with one attached hydrogen (secondary N) is 1. The van der Waals surface area contributed by atoms with Crippen LogP contribution < -0.4 is 5.32 Å². The van der Waals surface area contributed by atoms with Crippen LogP contribution in [0.25, 0.3) is 16.7 Å². The van der Waals surface area contributed by atoms with Crippen molar-refractivity contribution in [3.63, 3.8) is 0 Å². The van der Waals surface area contributed by atoms with Gasteiger partial charge in [0.1, 0.15) is 23.1 Å². The summed E-state index contributed by atoms with van der Waals surface area (Å²) in [5.74, 6) is -0.515. The molecule has 170 valence electrons. The van der Waals surface area contributed by atoms with Crippen molar-refractivity contribution in [3.8, 4) is 5.69 Å². The number of halogens is 2. The highest BCUT2D eigenvalue weighted by Gasteiger charge is 2.24. The van der Waals surface area contributed by atoms with Crippen molar-refractivity contribution < 1.29 is 17.2 Å². The number of sulfone groups is 1. The van der Waals surface area contributed by atoms with Gasteiger partial charge < -0.3 is 9.88 Å². The molecule has 0 atom stereocenters. The molecule has 1 aromatic carbocycles. The molecule has 11 heteroatoms. The first-order valence-corrected chi connectivity index (χ1v) is 12.1. The van der Waals surface area contributed by atoms with E-state index in [4.69, 9.17) is 0 Å². The minimum Gasteiger partial charge on any atom is -0.309 e. The lowest BCUT2D eigenvalue weighted by Gasteiger charge is -2.26. The standard InChI is InChI=1S/C22H20F2N6O2S/c23-18-11-16(12-19(24)17(18)14-29-7-9-33(31,32)10-8-29)30-6-4-15-13-26-22(28-21(15)30)27-20-3-1-2-5-25-20/h1-6,11-13H,7-10,14H2,(H,25,26,27,28). The first-order chi connectivity index (χ1) is 15.9. The molecule has 1 aliphatic heterocycles. The second-order valence-corrected chi connectivity index (χ2v) is 10.1. The molecule has 5 rings (SSSR count). The molecule has 1 saturated heterocycles. The Labute approximate surface area is 188 Å². The first-order valence-electron chi connectivity index (χ1n) is 10.3. The monoisotopic (exact) mass is 470 g/mol. The Bertz CT molecular complexity index is 1390. The summed E-state index contributed by atoms with van der Waals surface area (Å²) in [6.45, 7) is 0.530. The summed E-state index contributed by atoms with van der Waals surface area (Å²) in [5, 5.41) is 3.71. The molecular formula is C22H20F2N6O2S. The van der Waals surface area contributed by atoms with Crippen LogP contribution in [0.2, 0.25) is 0 Å². The highest BCUT2D eigenvalue weighted by Crippen LogP contribution is 2.25. The van der Waals surface area contributed by atoms with Gasteiger partial charge in [0, 0.05) is 49.2 Å². The van der Waals surface area contributed by atoms with Crippen LogP contribution in [-0.2, 0) is 16.4 Å². The van der Waals surface area contributed by atoms with Crippen molar-refractivity contribution in [1.29, 1.82) is 0 Å². The van der Waals surface area contributed by atoms with E-state index in [0.29, 0.717) is 22.8 Å². The van der Waals surface area contributed by atoms with Crippen molar-refractivity contribution in [2.45, 2.75) is 6.54 Å². The lowest BCUT2D eigenvalue weighted by atomic mass is 10.1.